The van der Waals surface area contributed by atoms with E-state index in [9.17, 15) is 9.18 Å². The number of hydrogen-bond donors (Lipinski definition) is 1. The molecule has 0 aromatic heterocycles. The summed E-state index contributed by atoms with van der Waals surface area (Å²) in [7, 11) is 0. The van der Waals surface area contributed by atoms with E-state index < -0.39 is 0 Å². The first-order valence-electron chi connectivity index (χ1n) is 13.4. The molecule has 5 atom stereocenters. The third kappa shape index (κ3) is 3.59. The number of carbonyl (C=O) groups is 1. The summed E-state index contributed by atoms with van der Waals surface area (Å²) in [6, 6.07) is 24.2. The minimum atomic E-state index is -0.220. The minimum Gasteiger partial charge on any atom is -0.378 e. The molecule has 3 aromatic carbocycles. The highest BCUT2D eigenvalue weighted by molar-refractivity contribution is 5.95. The average molecular weight is 482 g/mol. The van der Waals surface area contributed by atoms with E-state index in [1.807, 2.05) is 23.1 Å². The Balaban J connectivity index is 1.13. The van der Waals surface area contributed by atoms with E-state index in [1.54, 1.807) is 0 Å². The fourth-order valence-corrected chi connectivity index (χ4v) is 7.61. The Kier molecular flexibility index (Phi) is 5.26. The van der Waals surface area contributed by atoms with Crippen molar-refractivity contribution in [1.82, 2.24) is 4.90 Å². The fourth-order valence-electron chi connectivity index (χ4n) is 7.61. The van der Waals surface area contributed by atoms with Crippen molar-refractivity contribution in [2.45, 2.75) is 31.2 Å². The molecule has 1 N–H and O–H groups in total. The lowest BCUT2D eigenvalue weighted by Crippen LogP contribution is -2.48. The number of nitrogens with zero attached hydrogens (tertiary/aromatic N) is 2. The first-order valence-corrected chi connectivity index (χ1v) is 13.4. The Bertz CT molecular complexity index is 1270. The van der Waals surface area contributed by atoms with Gasteiger partial charge >= 0.3 is 0 Å². The fraction of sp³-hybridized carbons (Fsp3) is 0.387. The van der Waals surface area contributed by atoms with Gasteiger partial charge in [0.25, 0.3) is 5.91 Å². The van der Waals surface area contributed by atoms with Crippen LogP contribution in [0.3, 0.4) is 0 Å². The van der Waals surface area contributed by atoms with Gasteiger partial charge in [-0.1, -0.05) is 30.3 Å². The molecule has 0 radical (unpaired) electrons. The second-order valence-electron chi connectivity index (χ2n) is 11.0. The predicted octanol–water partition coefficient (Wildman–Crippen LogP) is 6.08. The minimum absolute atomic E-state index is 0.126. The van der Waals surface area contributed by atoms with Crippen LogP contribution >= 0.6 is 0 Å². The van der Waals surface area contributed by atoms with E-state index in [0.29, 0.717) is 31.0 Å². The van der Waals surface area contributed by atoms with Crippen LogP contribution in [-0.4, -0.2) is 37.0 Å². The molecule has 2 aliphatic carbocycles. The summed E-state index contributed by atoms with van der Waals surface area (Å²) in [5, 5.41) is 3.88. The van der Waals surface area contributed by atoms with Crippen LogP contribution in [0.15, 0.2) is 72.8 Å². The highest BCUT2D eigenvalue weighted by atomic mass is 19.1. The summed E-state index contributed by atoms with van der Waals surface area (Å²) >= 11 is 0. The third-order valence-electron chi connectivity index (χ3n) is 9.25. The van der Waals surface area contributed by atoms with Crippen molar-refractivity contribution >= 4 is 17.3 Å². The molecule has 2 bridgehead atoms. The van der Waals surface area contributed by atoms with Crippen LogP contribution in [0.5, 0.6) is 0 Å². The second-order valence-corrected chi connectivity index (χ2v) is 11.0. The van der Waals surface area contributed by atoms with Crippen molar-refractivity contribution < 1.29 is 9.18 Å². The summed E-state index contributed by atoms with van der Waals surface area (Å²) in [5.41, 5.74) is 5.76. The topological polar surface area (TPSA) is 35.6 Å². The van der Waals surface area contributed by atoms with Gasteiger partial charge in [0.2, 0.25) is 0 Å². The van der Waals surface area contributed by atoms with Crippen LogP contribution in [0.4, 0.5) is 15.8 Å². The number of amides is 1. The van der Waals surface area contributed by atoms with Crippen molar-refractivity contribution in [3.8, 4) is 0 Å². The molecule has 0 unspecified atom stereocenters. The van der Waals surface area contributed by atoms with E-state index in [0.717, 1.165) is 36.2 Å². The number of piperazine rings is 1. The molecule has 2 saturated carbocycles. The molecule has 3 fully saturated rings. The van der Waals surface area contributed by atoms with E-state index in [2.05, 4.69) is 52.7 Å². The molecular weight excluding hydrogens is 449 g/mol. The van der Waals surface area contributed by atoms with E-state index in [1.165, 1.54) is 48.2 Å². The maximum atomic E-state index is 13.5. The lowest BCUT2D eigenvalue weighted by atomic mass is 9.68. The number of rotatable bonds is 3. The lowest BCUT2D eigenvalue weighted by molar-refractivity contribution is 0.0746. The first-order chi connectivity index (χ1) is 17.7. The van der Waals surface area contributed by atoms with Crippen molar-refractivity contribution in [3.63, 3.8) is 0 Å². The van der Waals surface area contributed by atoms with Crippen LogP contribution in [-0.2, 0) is 0 Å². The zero-order valence-electron chi connectivity index (χ0n) is 20.4. The van der Waals surface area contributed by atoms with Gasteiger partial charge in [0.1, 0.15) is 5.82 Å². The smallest absolute Gasteiger partial charge is 0.253 e. The summed E-state index contributed by atoms with van der Waals surface area (Å²) in [6.45, 7) is 2.88. The molecule has 1 saturated heterocycles. The van der Waals surface area contributed by atoms with Gasteiger partial charge in [0.05, 0.1) is 6.04 Å². The molecule has 0 spiro atoms. The van der Waals surface area contributed by atoms with Crippen LogP contribution in [0.25, 0.3) is 0 Å². The number of hydrogen-bond acceptors (Lipinski definition) is 3. The number of nitrogens with one attached hydrogen (secondary N) is 1. The van der Waals surface area contributed by atoms with Crippen LogP contribution in [0.1, 0.15) is 52.7 Å². The van der Waals surface area contributed by atoms with Gasteiger partial charge in [-0.2, -0.15) is 0 Å². The highest BCUT2D eigenvalue weighted by Crippen LogP contribution is 2.63. The van der Waals surface area contributed by atoms with Gasteiger partial charge in [-0.3, -0.25) is 4.79 Å². The molecule has 36 heavy (non-hydrogen) atoms. The van der Waals surface area contributed by atoms with E-state index in [4.69, 9.17) is 0 Å². The molecule has 4 aliphatic rings. The second kappa shape index (κ2) is 8.65. The zero-order valence-corrected chi connectivity index (χ0v) is 20.4. The van der Waals surface area contributed by atoms with Gasteiger partial charge in [-0.05, 0) is 96.5 Å². The summed E-state index contributed by atoms with van der Waals surface area (Å²) in [6.07, 6.45) is 3.97. The molecule has 5 heteroatoms. The Labute approximate surface area is 212 Å². The highest BCUT2D eigenvalue weighted by Gasteiger charge is 2.53. The van der Waals surface area contributed by atoms with Gasteiger partial charge < -0.3 is 15.1 Å². The summed E-state index contributed by atoms with van der Waals surface area (Å²) in [4.78, 5) is 17.7. The summed E-state index contributed by atoms with van der Waals surface area (Å²) in [5.74, 6) is 2.54. The number of anilines is 2. The van der Waals surface area contributed by atoms with Crippen molar-refractivity contribution in [2.75, 3.05) is 36.4 Å². The van der Waals surface area contributed by atoms with Crippen LogP contribution in [0.2, 0.25) is 0 Å². The quantitative estimate of drug-likeness (QED) is 0.492. The number of benzene rings is 3. The van der Waals surface area contributed by atoms with Gasteiger partial charge in [0.15, 0.2) is 0 Å². The molecular formula is C31H32FN3O. The zero-order chi connectivity index (χ0) is 24.2. The predicted molar refractivity (Wildman–Crippen MR) is 141 cm³/mol. The Hall–Kier alpha value is -3.34. The third-order valence-corrected chi connectivity index (χ3v) is 9.25. The molecule has 2 heterocycles. The Morgan fingerprint density at radius 1 is 0.861 bits per heavy atom. The normalized spacial score (nSPS) is 28.4. The standard InChI is InChI=1S/C31H32FN3O/c32-24-9-11-25(12-10-24)34-14-16-35(17-15-34)31(36)23-8-13-27-26(19-23)28-21-6-7-22(18-21)29(28)30(33-27)20-4-2-1-3-5-20/h1-5,8-13,19,21-22,28-30,33H,6-7,14-18H2/t21-,22-,28-,29+,30-/m0/s1. The molecule has 4 nitrogen and oxygen atoms in total. The maximum Gasteiger partial charge on any atom is 0.253 e. The van der Waals surface area contributed by atoms with E-state index >= 15 is 0 Å². The molecule has 1 amide bonds. The SMILES string of the molecule is O=C(c1ccc2c(c1)[C@@H]1[C@H]3CC[C@@H](C3)[C@H]1[C@H](c1ccccc1)N2)N1CCN(c2ccc(F)cc2)CC1. The first kappa shape index (κ1) is 21.9. The number of carbonyl (C=O) groups excluding carboxylic acids is 1. The van der Waals surface area contributed by atoms with Crippen molar-refractivity contribution in [1.29, 1.82) is 0 Å². The number of halogens is 1. The van der Waals surface area contributed by atoms with Gasteiger partial charge in [0, 0.05) is 43.1 Å². The lowest BCUT2D eigenvalue weighted by Gasteiger charge is -2.44. The van der Waals surface area contributed by atoms with Crippen molar-refractivity contribution in [2.24, 2.45) is 17.8 Å². The van der Waals surface area contributed by atoms with Crippen LogP contribution < -0.4 is 10.2 Å². The molecule has 2 aliphatic heterocycles. The molecule has 184 valence electrons. The van der Waals surface area contributed by atoms with E-state index in [-0.39, 0.29) is 11.7 Å². The number of fused-ring (bicyclic) bond motifs is 7. The summed E-state index contributed by atoms with van der Waals surface area (Å²) < 4.78 is 13.3. The average Bonchev–Trinajstić information content (AvgIpc) is 3.56. The van der Waals surface area contributed by atoms with Gasteiger partial charge in [-0.25, -0.2) is 4.39 Å². The Morgan fingerprint density at radius 3 is 2.39 bits per heavy atom. The molecule has 3 aromatic rings. The van der Waals surface area contributed by atoms with Gasteiger partial charge in [-0.15, -0.1) is 0 Å². The van der Waals surface area contributed by atoms with Crippen LogP contribution in [0, 0.1) is 23.6 Å². The maximum absolute atomic E-state index is 13.5. The Morgan fingerprint density at radius 2 is 1.61 bits per heavy atom. The van der Waals surface area contributed by atoms with Crippen molar-refractivity contribution in [3.05, 3.63) is 95.3 Å². The largest absolute Gasteiger partial charge is 0.378 e. The monoisotopic (exact) mass is 481 g/mol. The molecule has 7 rings (SSSR count).